The second kappa shape index (κ2) is 8.68. The van der Waals surface area contributed by atoms with Crippen LogP contribution in [-0.4, -0.2) is 48.9 Å². The summed E-state index contributed by atoms with van der Waals surface area (Å²) in [5, 5.41) is 8.60. The highest BCUT2D eigenvalue weighted by Crippen LogP contribution is 2.12. The monoisotopic (exact) mass is 266 g/mol. The molecule has 0 unspecified atom stereocenters. The number of para-hydroxylation sites is 1. The van der Waals surface area contributed by atoms with Gasteiger partial charge in [-0.1, -0.05) is 18.2 Å². The van der Waals surface area contributed by atoms with Crippen molar-refractivity contribution in [3.05, 3.63) is 30.3 Å². The second-order valence-electron chi connectivity index (χ2n) is 3.90. The largest absolute Gasteiger partial charge is 0.480 e. The normalized spacial score (nSPS) is 8.79. The fraction of sp³-hybridized carbons (Fsp3) is 0.308. The van der Waals surface area contributed by atoms with E-state index in [1.807, 2.05) is 6.07 Å². The van der Waals surface area contributed by atoms with Gasteiger partial charge in [-0.2, -0.15) is 0 Å². The molecule has 1 aromatic carbocycles. The van der Waals surface area contributed by atoms with Crippen LogP contribution in [0, 0.1) is 0 Å². The van der Waals surface area contributed by atoms with Crippen LogP contribution in [0.1, 0.15) is 6.92 Å². The summed E-state index contributed by atoms with van der Waals surface area (Å²) < 4.78 is 0. The molecule has 0 radical (unpaired) electrons. The summed E-state index contributed by atoms with van der Waals surface area (Å²) in [4.78, 5) is 33.7. The quantitative estimate of drug-likeness (QED) is 0.819. The first-order valence-corrected chi connectivity index (χ1v) is 5.55. The van der Waals surface area contributed by atoms with Gasteiger partial charge < -0.3 is 14.9 Å². The number of carboxylic acid groups (broad SMARTS) is 1. The molecule has 0 atom stereocenters. The van der Waals surface area contributed by atoms with Crippen LogP contribution < -0.4 is 4.90 Å². The van der Waals surface area contributed by atoms with Crippen molar-refractivity contribution in [2.45, 2.75) is 6.92 Å². The molecule has 0 aliphatic carbocycles. The fourth-order valence-electron chi connectivity index (χ4n) is 1.13. The van der Waals surface area contributed by atoms with Crippen LogP contribution in [0.15, 0.2) is 30.3 Å². The van der Waals surface area contributed by atoms with Crippen molar-refractivity contribution in [3.8, 4) is 0 Å². The minimum absolute atomic E-state index is 0.279. The first-order valence-electron chi connectivity index (χ1n) is 5.55. The van der Waals surface area contributed by atoms with Gasteiger partial charge in [-0.15, -0.1) is 0 Å². The van der Waals surface area contributed by atoms with E-state index < -0.39 is 5.97 Å². The third kappa shape index (κ3) is 7.54. The number of nitrogens with zero attached hydrogens (tertiary/aromatic N) is 2. The van der Waals surface area contributed by atoms with E-state index >= 15 is 0 Å². The van der Waals surface area contributed by atoms with Crippen molar-refractivity contribution in [2.24, 2.45) is 0 Å². The Balaban J connectivity index is 0.000000555. The van der Waals surface area contributed by atoms with Crippen LogP contribution in [0.5, 0.6) is 0 Å². The molecule has 0 heterocycles. The van der Waals surface area contributed by atoms with Crippen LogP contribution in [0.2, 0.25) is 0 Å². The Bertz CT molecular complexity index is 418. The van der Waals surface area contributed by atoms with Gasteiger partial charge in [0.1, 0.15) is 6.54 Å². The second-order valence-corrected chi connectivity index (χ2v) is 3.90. The Morgan fingerprint density at radius 3 is 2.00 bits per heavy atom. The summed E-state index contributed by atoms with van der Waals surface area (Å²) in [6.45, 7) is 1.04. The molecule has 0 aliphatic heterocycles. The number of hydrogen-bond donors (Lipinski definition) is 1. The molecule has 104 valence electrons. The van der Waals surface area contributed by atoms with Gasteiger partial charge in [0.15, 0.2) is 0 Å². The van der Waals surface area contributed by atoms with Crippen LogP contribution in [0.4, 0.5) is 5.69 Å². The van der Waals surface area contributed by atoms with Gasteiger partial charge in [0.2, 0.25) is 12.3 Å². The molecule has 0 aromatic heterocycles. The lowest BCUT2D eigenvalue weighted by Crippen LogP contribution is -2.33. The molecular weight excluding hydrogens is 248 g/mol. The molecule has 1 rings (SSSR count). The van der Waals surface area contributed by atoms with Crippen LogP contribution in [0.3, 0.4) is 0 Å². The predicted octanol–water partition coefficient (Wildman–Crippen LogP) is 0.829. The molecule has 6 heteroatoms. The summed E-state index contributed by atoms with van der Waals surface area (Å²) in [5.74, 6) is -1.30. The zero-order valence-corrected chi connectivity index (χ0v) is 11.2. The molecule has 0 fully saturated rings. The highest BCUT2D eigenvalue weighted by molar-refractivity contribution is 5.95. The van der Waals surface area contributed by atoms with Crippen molar-refractivity contribution in [1.82, 2.24) is 4.90 Å². The SMILES string of the molecule is CC(=O)N(CC(=O)O)c1ccccc1.CN(C)C=O. The molecule has 1 aromatic rings. The minimum atomic E-state index is -1.02. The molecule has 0 saturated heterocycles. The van der Waals surface area contributed by atoms with Crippen molar-refractivity contribution in [3.63, 3.8) is 0 Å². The Morgan fingerprint density at radius 2 is 1.68 bits per heavy atom. The first-order chi connectivity index (χ1) is 8.88. The van der Waals surface area contributed by atoms with Crippen LogP contribution >= 0.6 is 0 Å². The number of carboxylic acids is 1. The zero-order chi connectivity index (χ0) is 14.8. The van der Waals surface area contributed by atoms with E-state index in [4.69, 9.17) is 5.11 Å². The maximum atomic E-state index is 11.1. The lowest BCUT2D eigenvalue weighted by Gasteiger charge is -2.18. The fourth-order valence-corrected chi connectivity index (χ4v) is 1.13. The highest BCUT2D eigenvalue weighted by Gasteiger charge is 2.13. The Labute approximate surface area is 112 Å². The molecule has 0 bridgehead atoms. The summed E-state index contributed by atoms with van der Waals surface area (Å²) in [6.07, 6.45) is 0.750. The number of carbonyl (C=O) groups is 3. The van der Waals surface area contributed by atoms with Gasteiger partial charge in [0, 0.05) is 26.7 Å². The van der Waals surface area contributed by atoms with Crippen molar-refractivity contribution in [2.75, 3.05) is 25.5 Å². The van der Waals surface area contributed by atoms with Crippen molar-refractivity contribution < 1.29 is 19.5 Å². The van der Waals surface area contributed by atoms with Gasteiger partial charge in [0.05, 0.1) is 0 Å². The summed E-state index contributed by atoms with van der Waals surface area (Å²) in [7, 11) is 3.38. The predicted molar refractivity (Wildman–Crippen MR) is 71.9 cm³/mol. The Hall–Kier alpha value is -2.37. The first kappa shape index (κ1) is 16.6. The lowest BCUT2D eigenvalue weighted by atomic mass is 10.3. The number of rotatable bonds is 4. The smallest absolute Gasteiger partial charge is 0.323 e. The van der Waals surface area contributed by atoms with Gasteiger partial charge in [-0.05, 0) is 12.1 Å². The molecule has 0 aliphatic rings. The summed E-state index contributed by atoms with van der Waals surface area (Å²) in [5.41, 5.74) is 0.599. The maximum Gasteiger partial charge on any atom is 0.323 e. The molecule has 1 N–H and O–H groups in total. The third-order valence-corrected chi connectivity index (χ3v) is 1.95. The van der Waals surface area contributed by atoms with Crippen LogP contribution in [-0.2, 0) is 14.4 Å². The lowest BCUT2D eigenvalue weighted by molar-refractivity contribution is -0.136. The summed E-state index contributed by atoms with van der Waals surface area (Å²) >= 11 is 0. The highest BCUT2D eigenvalue weighted by atomic mass is 16.4. The number of anilines is 1. The van der Waals surface area contributed by atoms with E-state index in [1.165, 1.54) is 16.7 Å². The molecule has 2 amide bonds. The molecule has 6 nitrogen and oxygen atoms in total. The topological polar surface area (TPSA) is 77.9 Å². The number of hydrogen-bond acceptors (Lipinski definition) is 3. The van der Waals surface area contributed by atoms with Crippen molar-refractivity contribution in [1.29, 1.82) is 0 Å². The Morgan fingerprint density at radius 1 is 1.21 bits per heavy atom. The Kier molecular flexibility index (Phi) is 7.60. The van der Waals surface area contributed by atoms with Gasteiger partial charge in [0.25, 0.3) is 0 Å². The van der Waals surface area contributed by atoms with E-state index in [-0.39, 0.29) is 12.5 Å². The van der Waals surface area contributed by atoms with E-state index in [9.17, 15) is 14.4 Å². The number of aliphatic carboxylic acids is 1. The third-order valence-electron chi connectivity index (χ3n) is 1.95. The van der Waals surface area contributed by atoms with Gasteiger partial charge in [-0.3, -0.25) is 14.4 Å². The van der Waals surface area contributed by atoms with E-state index in [0.29, 0.717) is 5.69 Å². The average molecular weight is 266 g/mol. The van der Waals surface area contributed by atoms with Crippen molar-refractivity contribution >= 4 is 24.0 Å². The standard InChI is InChI=1S/C10H11NO3.C3H7NO/c1-8(12)11(7-10(13)14)9-5-3-2-4-6-9;1-4(2)3-5/h2-6H,7H2,1H3,(H,13,14);3H,1-2H3. The number of benzene rings is 1. The zero-order valence-electron chi connectivity index (χ0n) is 11.2. The average Bonchev–Trinajstić information content (AvgIpc) is 2.37. The van der Waals surface area contributed by atoms with E-state index in [1.54, 1.807) is 38.4 Å². The summed E-state index contributed by atoms with van der Waals surface area (Å²) in [6, 6.07) is 8.72. The van der Waals surface area contributed by atoms with E-state index in [2.05, 4.69) is 0 Å². The van der Waals surface area contributed by atoms with Crippen LogP contribution in [0.25, 0.3) is 0 Å². The van der Waals surface area contributed by atoms with E-state index in [0.717, 1.165) is 6.41 Å². The molecule has 0 spiro atoms. The maximum absolute atomic E-state index is 11.1. The molecule has 19 heavy (non-hydrogen) atoms. The molecular formula is C13H18N2O4. The number of carbonyl (C=O) groups excluding carboxylic acids is 2. The molecule has 0 saturated carbocycles. The minimum Gasteiger partial charge on any atom is -0.480 e. The number of amides is 2. The van der Waals surface area contributed by atoms with Gasteiger partial charge in [-0.25, -0.2) is 0 Å². The van der Waals surface area contributed by atoms with Gasteiger partial charge >= 0.3 is 5.97 Å².